The van der Waals surface area contributed by atoms with E-state index in [1.807, 2.05) is 31.2 Å². The first-order chi connectivity index (χ1) is 10.7. The lowest BCUT2D eigenvalue weighted by molar-refractivity contribution is -0.122. The second-order valence-electron chi connectivity index (χ2n) is 5.69. The van der Waals surface area contributed by atoms with Crippen LogP contribution in [0.4, 0.5) is 0 Å². The monoisotopic (exact) mass is 296 g/mol. The molecule has 0 unspecified atom stereocenters. The molecule has 1 aromatic carbocycles. The summed E-state index contributed by atoms with van der Waals surface area (Å²) in [6.07, 6.45) is 10.2. The molecule has 0 saturated carbocycles. The highest BCUT2D eigenvalue weighted by Gasteiger charge is 2.16. The van der Waals surface area contributed by atoms with E-state index in [4.69, 9.17) is 0 Å². The van der Waals surface area contributed by atoms with Crippen LogP contribution < -0.4 is 5.32 Å². The number of nitrogens with zero attached hydrogens (tertiary/aromatic N) is 3. The molecule has 1 aliphatic rings. The van der Waals surface area contributed by atoms with E-state index in [1.165, 1.54) is 6.33 Å². The zero-order valence-corrected chi connectivity index (χ0v) is 12.6. The van der Waals surface area contributed by atoms with Crippen molar-refractivity contribution in [3.63, 3.8) is 0 Å². The van der Waals surface area contributed by atoms with Gasteiger partial charge in [0, 0.05) is 6.42 Å². The van der Waals surface area contributed by atoms with Crippen molar-refractivity contribution in [1.82, 2.24) is 20.1 Å². The molecule has 114 valence electrons. The number of hydrogen-bond acceptors (Lipinski definition) is 3. The summed E-state index contributed by atoms with van der Waals surface area (Å²) >= 11 is 0. The highest BCUT2D eigenvalue weighted by atomic mass is 16.1. The third-order valence-electron chi connectivity index (χ3n) is 4.01. The molecule has 1 N–H and O–H groups in total. The molecule has 0 fully saturated rings. The molecule has 1 amide bonds. The molecule has 1 heterocycles. The number of carbonyl (C=O) groups excluding carboxylic acids is 1. The van der Waals surface area contributed by atoms with Crippen LogP contribution in [0.25, 0.3) is 5.69 Å². The van der Waals surface area contributed by atoms with Crippen LogP contribution in [0.1, 0.15) is 37.8 Å². The first-order valence-corrected chi connectivity index (χ1v) is 7.63. The van der Waals surface area contributed by atoms with Crippen molar-refractivity contribution in [2.45, 2.75) is 32.2 Å². The summed E-state index contributed by atoms with van der Waals surface area (Å²) < 4.78 is 1.71. The molecule has 0 bridgehead atoms. The fraction of sp³-hybridized carbons (Fsp3) is 0.353. The normalized spacial score (nSPS) is 18.3. The van der Waals surface area contributed by atoms with Gasteiger partial charge in [-0.3, -0.25) is 4.79 Å². The minimum Gasteiger partial charge on any atom is -0.350 e. The van der Waals surface area contributed by atoms with Gasteiger partial charge in [0.05, 0.1) is 11.7 Å². The van der Waals surface area contributed by atoms with Crippen LogP contribution >= 0.6 is 0 Å². The molecule has 3 rings (SSSR count). The minimum absolute atomic E-state index is 0.00248. The number of hydrogen-bond donors (Lipinski definition) is 1. The maximum atomic E-state index is 12.1. The van der Waals surface area contributed by atoms with Crippen molar-refractivity contribution in [3.05, 3.63) is 54.6 Å². The number of amides is 1. The van der Waals surface area contributed by atoms with Crippen molar-refractivity contribution in [3.8, 4) is 5.69 Å². The lowest BCUT2D eigenvalue weighted by atomic mass is 10.0. The topological polar surface area (TPSA) is 59.8 Å². The van der Waals surface area contributed by atoms with Gasteiger partial charge in [-0.25, -0.2) is 9.67 Å². The lowest BCUT2D eigenvalue weighted by Crippen LogP contribution is -2.27. The number of rotatable bonds is 5. The number of aromatic nitrogens is 3. The quantitative estimate of drug-likeness (QED) is 0.863. The standard InChI is InChI=1S/C17H20N4O/c1-13(20-17(22)10-14-4-2-3-5-14)15-6-8-16(9-7-15)21-12-18-11-19-21/h2,4,6-9,11-14H,3,5,10H2,1H3,(H,20,22)/t13-,14-/m0/s1. The summed E-state index contributed by atoms with van der Waals surface area (Å²) in [6.45, 7) is 2.01. The second-order valence-corrected chi connectivity index (χ2v) is 5.69. The van der Waals surface area contributed by atoms with Crippen molar-refractivity contribution in [2.75, 3.05) is 0 Å². The maximum absolute atomic E-state index is 12.1. The minimum atomic E-state index is 0.00248. The number of allylic oxidation sites excluding steroid dienone is 2. The van der Waals surface area contributed by atoms with Crippen molar-refractivity contribution >= 4 is 5.91 Å². The largest absolute Gasteiger partial charge is 0.350 e. The third-order valence-corrected chi connectivity index (χ3v) is 4.01. The third kappa shape index (κ3) is 3.42. The summed E-state index contributed by atoms with van der Waals surface area (Å²) in [5, 5.41) is 7.17. The Labute approximate surface area is 130 Å². The van der Waals surface area contributed by atoms with E-state index in [2.05, 4.69) is 27.6 Å². The Morgan fingerprint density at radius 2 is 2.23 bits per heavy atom. The predicted octanol–water partition coefficient (Wildman–Crippen LogP) is 2.80. The Kier molecular flexibility index (Phi) is 4.32. The van der Waals surface area contributed by atoms with Crippen LogP contribution in [0.2, 0.25) is 0 Å². The van der Waals surface area contributed by atoms with Crippen LogP contribution in [0.5, 0.6) is 0 Å². The number of benzene rings is 1. The average molecular weight is 296 g/mol. The Balaban J connectivity index is 1.58. The number of carbonyl (C=O) groups is 1. The Bertz CT molecular complexity index is 646. The van der Waals surface area contributed by atoms with E-state index in [-0.39, 0.29) is 11.9 Å². The van der Waals surface area contributed by atoms with E-state index in [9.17, 15) is 4.79 Å². The molecule has 1 aromatic heterocycles. The first-order valence-electron chi connectivity index (χ1n) is 7.63. The smallest absolute Gasteiger partial charge is 0.221 e. The van der Waals surface area contributed by atoms with Gasteiger partial charge in [-0.2, -0.15) is 5.10 Å². The molecular weight excluding hydrogens is 276 g/mol. The van der Waals surface area contributed by atoms with Gasteiger partial charge in [0.1, 0.15) is 12.7 Å². The van der Waals surface area contributed by atoms with Crippen molar-refractivity contribution in [1.29, 1.82) is 0 Å². The van der Waals surface area contributed by atoms with Gasteiger partial charge in [0.2, 0.25) is 5.91 Å². The van der Waals surface area contributed by atoms with Crippen LogP contribution in [-0.2, 0) is 4.79 Å². The van der Waals surface area contributed by atoms with E-state index in [0.29, 0.717) is 12.3 Å². The molecule has 5 heteroatoms. The zero-order valence-electron chi connectivity index (χ0n) is 12.6. The van der Waals surface area contributed by atoms with Crippen molar-refractivity contribution in [2.24, 2.45) is 5.92 Å². The molecule has 0 aliphatic heterocycles. The fourth-order valence-electron chi connectivity index (χ4n) is 2.74. The molecule has 2 atom stereocenters. The van der Waals surface area contributed by atoms with Gasteiger partial charge < -0.3 is 5.32 Å². The molecule has 0 radical (unpaired) electrons. The molecule has 1 aliphatic carbocycles. The van der Waals surface area contributed by atoms with Gasteiger partial charge in [-0.1, -0.05) is 24.3 Å². The summed E-state index contributed by atoms with van der Waals surface area (Å²) in [4.78, 5) is 16.0. The molecule has 5 nitrogen and oxygen atoms in total. The predicted molar refractivity (Wildman–Crippen MR) is 84.4 cm³/mol. The lowest BCUT2D eigenvalue weighted by Gasteiger charge is -2.16. The summed E-state index contributed by atoms with van der Waals surface area (Å²) in [7, 11) is 0. The van der Waals surface area contributed by atoms with Gasteiger partial charge in [0.15, 0.2) is 0 Å². The molecule has 0 saturated heterocycles. The molecular formula is C17H20N4O. The molecule has 0 spiro atoms. The number of nitrogens with one attached hydrogen (secondary N) is 1. The van der Waals surface area contributed by atoms with E-state index in [1.54, 1.807) is 11.0 Å². The molecule has 2 aromatic rings. The maximum Gasteiger partial charge on any atom is 0.221 e. The Morgan fingerprint density at radius 1 is 1.41 bits per heavy atom. The molecule has 22 heavy (non-hydrogen) atoms. The summed E-state index contributed by atoms with van der Waals surface area (Å²) in [6, 6.07) is 7.98. The van der Waals surface area contributed by atoms with Crippen molar-refractivity contribution < 1.29 is 4.79 Å². The van der Waals surface area contributed by atoms with Gasteiger partial charge in [-0.05, 0) is 43.4 Å². The highest BCUT2D eigenvalue weighted by molar-refractivity contribution is 5.77. The van der Waals surface area contributed by atoms with Crippen LogP contribution in [0.15, 0.2) is 49.1 Å². The fourth-order valence-corrected chi connectivity index (χ4v) is 2.74. The van der Waals surface area contributed by atoms with Crippen LogP contribution in [0.3, 0.4) is 0 Å². The average Bonchev–Trinajstić information content (AvgIpc) is 3.20. The SMILES string of the molecule is C[C@H](NC(=O)C[C@H]1C=CCC1)c1ccc(-n2cncn2)cc1. The summed E-state index contributed by atoms with van der Waals surface area (Å²) in [5.41, 5.74) is 2.04. The second kappa shape index (κ2) is 6.56. The van der Waals surface area contributed by atoms with Crippen LogP contribution in [-0.4, -0.2) is 20.7 Å². The first kappa shape index (κ1) is 14.5. The highest BCUT2D eigenvalue weighted by Crippen LogP contribution is 2.21. The van der Waals surface area contributed by atoms with Crippen LogP contribution in [0, 0.1) is 5.92 Å². The van der Waals surface area contributed by atoms with Gasteiger partial charge >= 0.3 is 0 Å². The van der Waals surface area contributed by atoms with E-state index >= 15 is 0 Å². The zero-order chi connectivity index (χ0) is 15.4. The Morgan fingerprint density at radius 3 is 2.86 bits per heavy atom. The Hall–Kier alpha value is -2.43. The van der Waals surface area contributed by atoms with E-state index < -0.39 is 0 Å². The van der Waals surface area contributed by atoms with E-state index in [0.717, 1.165) is 24.1 Å². The van der Waals surface area contributed by atoms with Gasteiger partial charge in [-0.15, -0.1) is 0 Å². The summed E-state index contributed by atoms with van der Waals surface area (Å²) in [5.74, 6) is 0.520. The van der Waals surface area contributed by atoms with Gasteiger partial charge in [0.25, 0.3) is 0 Å².